The van der Waals surface area contributed by atoms with Gasteiger partial charge >= 0.3 is 0 Å². The summed E-state index contributed by atoms with van der Waals surface area (Å²) in [6.07, 6.45) is 1.94. The number of aromatic nitrogens is 4. The Hall–Kier alpha value is -5.07. The number of imidazole rings is 1. The van der Waals surface area contributed by atoms with Gasteiger partial charge in [-0.15, -0.1) is 0 Å². The van der Waals surface area contributed by atoms with Gasteiger partial charge in [0.05, 0.1) is 11.9 Å². The molecule has 1 unspecified atom stereocenters. The molecule has 13 heteroatoms. The van der Waals surface area contributed by atoms with Crippen molar-refractivity contribution in [2.75, 3.05) is 38.7 Å². The van der Waals surface area contributed by atoms with E-state index in [-0.39, 0.29) is 11.7 Å². The summed E-state index contributed by atoms with van der Waals surface area (Å²) >= 11 is 0. The molecule has 1 aliphatic heterocycles. The molecule has 1 amide bonds. The van der Waals surface area contributed by atoms with E-state index in [0.29, 0.717) is 36.0 Å². The maximum Gasteiger partial charge on any atom is 0.287 e. The molecule has 2 N–H and O–H groups in total. The first kappa shape index (κ1) is 35.3. The van der Waals surface area contributed by atoms with Gasteiger partial charge in [-0.1, -0.05) is 116 Å². The highest BCUT2D eigenvalue weighted by Gasteiger charge is 2.47. The third-order valence-electron chi connectivity index (χ3n) is 9.41. The van der Waals surface area contributed by atoms with E-state index >= 15 is 0 Å². The molecule has 7 rings (SSSR count). The second-order valence-corrected chi connectivity index (χ2v) is 15.6. The highest BCUT2D eigenvalue weighted by molar-refractivity contribution is 7.56. The molecular formula is C39H41N8O4P. The van der Waals surface area contributed by atoms with E-state index in [0.717, 1.165) is 16.7 Å². The summed E-state index contributed by atoms with van der Waals surface area (Å²) in [7, 11) is 0.277. The first-order valence-electron chi connectivity index (χ1n) is 17.2. The second-order valence-electron chi connectivity index (χ2n) is 12.7. The van der Waals surface area contributed by atoms with Crippen LogP contribution in [-0.2, 0) is 19.5 Å². The Morgan fingerprint density at radius 2 is 1.40 bits per heavy atom. The molecule has 52 heavy (non-hydrogen) atoms. The van der Waals surface area contributed by atoms with Crippen LogP contribution < -0.4 is 10.8 Å². The normalized spacial score (nSPS) is 17.9. The molecule has 1 fully saturated rings. The Labute approximate surface area is 302 Å². The number of morpholine rings is 1. The molecule has 1 aliphatic rings. The van der Waals surface area contributed by atoms with Crippen LogP contribution in [0.3, 0.4) is 0 Å². The smallest absolute Gasteiger partial charge is 0.287 e. The lowest BCUT2D eigenvalue weighted by atomic mass is 9.75. The van der Waals surface area contributed by atoms with Crippen molar-refractivity contribution >= 4 is 30.4 Å². The van der Waals surface area contributed by atoms with Gasteiger partial charge in [-0.25, -0.2) is 24.2 Å². The molecule has 3 heterocycles. The lowest BCUT2D eigenvalue weighted by Crippen LogP contribution is -2.59. The van der Waals surface area contributed by atoms with Gasteiger partial charge in [0.25, 0.3) is 13.4 Å². The number of anilines is 1. The Bertz CT molecular complexity index is 2060. The van der Waals surface area contributed by atoms with Crippen LogP contribution in [0.5, 0.6) is 0 Å². The molecule has 0 aliphatic carbocycles. The van der Waals surface area contributed by atoms with Crippen LogP contribution in [-0.4, -0.2) is 74.6 Å². The summed E-state index contributed by atoms with van der Waals surface area (Å²) in [6.45, 7) is 2.57. The number of amides is 1. The van der Waals surface area contributed by atoms with Crippen LogP contribution >= 0.6 is 7.52 Å². The van der Waals surface area contributed by atoms with Crippen molar-refractivity contribution in [2.24, 2.45) is 0 Å². The maximum absolute atomic E-state index is 13.7. The number of nitrogens with zero attached hydrogens (tertiary/aromatic N) is 6. The predicted molar refractivity (Wildman–Crippen MR) is 200 cm³/mol. The van der Waals surface area contributed by atoms with Crippen LogP contribution in [0.15, 0.2) is 134 Å². The Kier molecular flexibility index (Phi) is 10.4. The van der Waals surface area contributed by atoms with Gasteiger partial charge in [0.1, 0.15) is 12.6 Å². The summed E-state index contributed by atoms with van der Waals surface area (Å²) < 4.78 is 29.9. The minimum absolute atomic E-state index is 0.283. The van der Waals surface area contributed by atoms with Gasteiger partial charge in [0.15, 0.2) is 23.2 Å². The zero-order valence-corrected chi connectivity index (χ0v) is 30.1. The van der Waals surface area contributed by atoms with Crippen LogP contribution in [0.25, 0.3) is 11.2 Å². The molecule has 6 aromatic rings. The summed E-state index contributed by atoms with van der Waals surface area (Å²) in [4.78, 5) is 29.1. The molecule has 266 valence electrons. The van der Waals surface area contributed by atoms with Crippen molar-refractivity contribution in [1.82, 2.24) is 34.6 Å². The number of ether oxygens (including phenoxy) is 1. The van der Waals surface area contributed by atoms with Crippen molar-refractivity contribution in [3.63, 3.8) is 0 Å². The largest absolute Gasteiger partial charge is 0.335 e. The monoisotopic (exact) mass is 716 g/mol. The molecular weight excluding hydrogens is 675 g/mol. The zero-order chi connectivity index (χ0) is 36.1. The molecule has 0 spiro atoms. The van der Waals surface area contributed by atoms with Gasteiger partial charge < -0.3 is 10.1 Å². The van der Waals surface area contributed by atoms with E-state index in [4.69, 9.17) is 9.36 Å². The van der Waals surface area contributed by atoms with Crippen LogP contribution in [0.1, 0.15) is 40.2 Å². The van der Waals surface area contributed by atoms with Crippen molar-refractivity contribution in [3.05, 3.63) is 156 Å². The average molecular weight is 717 g/mol. The summed E-state index contributed by atoms with van der Waals surface area (Å²) in [5.41, 5.74) is 6.83. The van der Waals surface area contributed by atoms with Gasteiger partial charge in [-0.05, 0) is 42.9 Å². The summed E-state index contributed by atoms with van der Waals surface area (Å²) in [5, 5.41) is 2.89. The fraction of sp³-hybridized carbons (Fsp3) is 0.231. The number of carbonyl (C=O) groups excluding carboxylic acids is 1. The molecule has 4 aromatic carbocycles. The van der Waals surface area contributed by atoms with Crippen molar-refractivity contribution in [3.8, 4) is 0 Å². The third kappa shape index (κ3) is 6.80. The van der Waals surface area contributed by atoms with Crippen molar-refractivity contribution in [2.45, 2.75) is 24.9 Å². The zero-order valence-electron chi connectivity index (χ0n) is 29.2. The first-order valence-corrected chi connectivity index (χ1v) is 18.9. The standard InChI is InChI=1S/C39H41N8O4P/c1-4-52(49,45(2)3)51-44-33-25-46(39(30-19-11-6-12-20-30,31-21-13-7-14-22-31)32-23-15-8-16-24-32)26-34(50-33)47-28-42-35-36(40-27-41-37(35)47)43-38(48)29-17-9-5-10-18-29/h5-24,27-28,33-34,44H,4,25-26H2,1-3H3,(H,40,41,43,48)/t33-,34+,52?/m0/s1. The molecule has 3 atom stereocenters. The number of rotatable bonds is 12. The van der Waals surface area contributed by atoms with E-state index in [1.807, 2.05) is 72.2 Å². The van der Waals surface area contributed by atoms with E-state index in [9.17, 15) is 9.36 Å². The van der Waals surface area contributed by atoms with E-state index in [1.54, 1.807) is 49.4 Å². The SMILES string of the molecule is CCP(=O)(ON[C@@H]1CN(C(c2ccccc2)(c2ccccc2)c2ccccc2)C[C@H](n2cnc3c(NC(=O)c4ccccc4)ncnc32)O1)N(C)C. The Morgan fingerprint density at radius 1 is 0.846 bits per heavy atom. The first-order chi connectivity index (χ1) is 25.3. The number of carbonyl (C=O) groups is 1. The fourth-order valence-corrected chi connectivity index (χ4v) is 7.95. The Balaban J connectivity index is 1.34. The molecule has 2 aromatic heterocycles. The van der Waals surface area contributed by atoms with Crippen LogP contribution in [0, 0.1) is 0 Å². The fourth-order valence-electron chi connectivity index (χ4n) is 6.81. The Morgan fingerprint density at radius 3 is 1.94 bits per heavy atom. The second kappa shape index (κ2) is 15.3. The number of hydrogen-bond acceptors (Lipinski definition) is 9. The topological polar surface area (TPSA) is 127 Å². The van der Waals surface area contributed by atoms with E-state index < -0.39 is 25.5 Å². The number of nitrogens with one attached hydrogen (secondary N) is 2. The number of fused-ring (bicyclic) bond motifs is 1. The quantitative estimate of drug-likeness (QED) is 0.0821. The van der Waals surface area contributed by atoms with Gasteiger partial charge in [-0.3, -0.25) is 18.8 Å². The number of hydroxylamine groups is 1. The predicted octanol–water partition coefficient (Wildman–Crippen LogP) is 6.52. The van der Waals surface area contributed by atoms with Gasteiger partial charge in [0, 0.05) is 24.8 Å². The number of hydrogen-bond donors (Lipinski definition) is 2. The highest BCUT2D eigenvalue weighted by atomic mass is 31.2. The highest BCUT2D eigenvalue weighted by Crippen LogP contribution is 2.48. The van der Waals surface area contributed by atoms with Gasteiger partial charge in [0.2, 0.25) is 0 Å². The average Bonchev–Trinajstić information content (AvgIpc) is 3.64. The molecule has 12 nitrogen and oxygen atoms in total. The number of benzene rings is 4. The lowest BCUT2D eigenvalue weighted by molar-refractivity contribution is -0.173. The van der Waals surface area contributed by atoms with Crippen molar-refractivity contribution in [1.29, 1.82) is 0 Å². The molecule has 0 saturated carbocycles. The minimum atomic E-state index is -3.19. The van der Waals surface area contributed by atoms with Crippen LogP contribution in [0.2, 0.25) is 0 Å². The van der Waals surface area contributed by atoms with Crippen molar-refractivity contribution < 1.29 is 18.7 Å². The lowest BCUT2D eigenvalue weighted by Gasteiger charge is -2.50. The van der Waals surface area contributed by atoms with E-state index in [2.05, 4.69) is 67.0 Å². The maximum atomic E-state index is 13.7. The van der Waals surface area contributed by atoms with Crippen LogP contribution in [0.4, 0.5) is 5.82 Å². The molecule has 1 saturated heterocycles. The van der Waals surface area contributed by atoms with Gasteiger partial charge in [-0.2, -0.15) is 5.48 Å². The van der Waals surface area contributed by atoms with E-state index in [1.165, 1.54) is 6.33 Å². The molecule has 0 bridgehead atoms. The minimum Gasteiger partial charge on any atom is -0.335 e. The molecule has 0 radical (unpaired) electrons. The third-order valence-corrected chi connectivity index (χ3v) is 11.8. The summed E-state index contributed by atoms with van der Waals surface area (Å²) in [6, 6.07) is 40.1. The summed E-state index contributed by atoms with van der Waals surface area (Å²) in [5.74, 6) is -0.0263.